The Morgan fingerprint density at radius 3 is 3.12 bits per heavy atom. The summed E-state index contributed by atoms with van der Waals surface area (Å²) in [4.78, 5) is 0. The lowest BCUT2D eigenvalue weighted by Gasteiger charge is -2.28. The van der Waals surface area contributed by atoms with Gasteiger partial charge in [0.1, 0.15) is 11.9 Å². The maximum atomic E-state index is 9.85. The Hall–Kier alpha value is -0.800. The molecule has 1 aliphatic rings. The zero-order chi connectivity index (χ0) is 11.4. The van der Waals surface area contributed by atoms with E-state index in [1.807, 2.05) is 6.07 Å². The smallest absolute Gasteiger partial charge is 0.133 e. The fourth-order valence-electron chi connectivity index (χ4n) is 2.48. The molecule has 0 aliphatic heterocycles. The topological polar surface area (TPSA) is 45.4 Å². The molecule has 0 bridgehead atoms. The van der Waals surface area contributed by atoms with Gasteiger partial charge in [-0.05, 0) is 30.9 Å². The number of aliphatic hydroxyl groups is 1. The predicted octanol–water partition coefficient (Wildman–Crippen LogP) is 2.48. The molecule has 1 heterocycles. The lowest BCUT2D eigenvalue weighted by Crippen LogP contribution is -2.36. The van der Waals surface area contributed by atoms with Gasteiger partial charge in [-0.25, -0.2) is 0 Å². The first-order valence-electron chi connectivity index (χ1n) is 6.20. The standard InChI is InChI=1S/C13H21NO2/c1-10-4-2-5-11(8-10)14-9-12(15)13-6-3-7-16-13/h3,6-7,10-12,14-15H,2,4-5,8-9H2,1H3. The average Bonchev–Trinajstić information content (AvgIpc) is 2.79. The molecular weight excluding hydrogens is 202 g/mol. The highest BCUT2D eigenvalue weighted by Gasteiger charge is 2.19. The van der Waals surface area contributed by atoms with E-state index in [9.17, 15) is 5.11 Å². The lowest BCUT2D eigenvalue weighted by molar-refractivity contribution is 0.138. The third-order valence-corrected chi connectivity index (χ3v) is 3.41. The Morgan fingerprint density at radius 2 is 2.44 bits per heavy atom. The van der Waals surface area contributed by atoms with Gasteiger partial charge in [-0.2, -0.15) is 0 Å². The fraction of sp³-hybridized carbons (Fsp3) is 0.692. The second-order valence-corrected chi connectivity index (χ2v) is 4.91. The van der Waals surface area contributed by atoms with E-state index >= 15 is 0 Å². The van der Waals surface area contributed by atoms with E-state index in [1.165, 1.54) is 25.7 Å². The maximum absolute atomic E-state index is 9.85. The number of furan rings is 1. The molecular formula is C13H21NO2. The second kappa shape index (κ2) is 5.51. The van der Waals surface area contributed by atoms with Crippen molar-refractivity contribution in [3.8, 4) is 0 Å². The molecule has 3 heteroatoms. The highest BCUT2D eigenvalue weighted by molar-refractivity contribution is 5.02. The van der Waals surface area contributed by atoms with Crippen LogP contribution >= 0.6 is 0 Å². The summed E-state index contributed by atoms with van der Waals surface area (Å²) in [6.45, 7) is 2.89. The van der Waals surface area contributed by atoms with Crippen molar-refractivity contribution in [1.29, 1.82) is 0 Å². The van der Waals surface area contributed by atoms with Gasteiger partial charge in [0.25, 0.3) is 0 Å². The Morgan fingerprint density at radius 1 is 1.56 bits per heavy atom. The SMILES string of the molecule is CC1CCCC(NCC(O)c2ccco2)C1. The molecule has 0 radical (unpaired) electrons. The third kappa shape index (κ3) is 3.09. The summed E-state index contributed by atoms with van der Waals surface area (Å²) < 4.78 is 5.17. The van der Waals surface area contributed by atoms with Crippen LogP contribution in [0.25, 0.3) is 0 Å². The quantitative estimate of drug-likeness (QED) is 0.824. The van der Waals surface area contributed by atoms with Crippen molar-refractivity contribution in [3.05, 3.63) is 24.2 Å². The molecule has 2 N–H and O–H groups in total. The number of aliphatic hydroxyl groups excluding tert-OH is 1. The fourth-order valence-corrected chi connectivity index (χ4v) is 2.48. The van der Waals surface area contributed by atoms with Crippen LogP contribution in [0.15, 0.2) is 22.8 Å². The molecule has 0 saturated heterocycles. The summed E-state index contributed by atoms with van der Waals surface area (Å²) in [5, 5.41) is 13.3. The van der Waals surface area contributed by atoms with Gasteiger partial charge in [0.15, 0.2) is 0 Å². The van der Waals surface area contributed by atoms with Crippen molar-refractivity contribution in [1.82, 2.24) is 5.32 Å². The summed E-state index contributed by atoms with van der Waals surface area (Å²) in [5.41, 5.74) is 0. The molecule has 1 aliphatic carbocycles. The summed E-state index contributed by atoms with van der Waals surface area (Å²) >= 11 is 0. The van der Waals surface area contributed by atoms with Crippen molar-refractivity contribution >= 4 is 0 Å². The summed E-state index contributed by atoms with van der Waals surface area (Å²) in [6.07, 6.45) is 6.18. The minimum Gasteiger partial charge on any atom is -0.467 e. The van der Waals surface area contributed by atoms with Crippen LogP contribution in [0.4, 0.5) is 0 Å². The molecule has 3 nitrogen and oxygen atoms in total. The molecule has 0 spiro atoms. The normalized spacial score (nSPS) is 27.9. The first-order chi connectivity index (χ1) is 7.75. The van der Waals surface area contributed by atoms with Gasteiger partial charge >= 0.3 is 0 Å². The van der Waals surface area contributed by atoms with Gasteiger partial charge in [0, 0.05) is 12.6 Å². The van der Waals surface area contributed by atoms with E-state index in [2.05, 4.69) is 12.2 Å². The summed E-state index contributed by atoms with van der Waals surface area (Å²) in [6, 6.07) is 4.19. The minimum absolute atomic E-state index is 0.521. The molecule has 1 aromatic rings. The molecule has 16 heavy (non-hydrogen) atoms. The molecule has 0 amide bonds. The maximum Gasteiger partial charge on any atom is 0.133 e. The van der Waals surface area contributed by atoms with Gasteiger partial charge in [-0.15, -0.1) is 0 Å². The van der Waals surface area contributed by atoms with Crippen LogP contribution in [0.3, 0.4) is 0 Å². The molecule has 90 valence electrons. The van der Waals surface area contributed by atoms with Crippen molar-refractivity contribution in [2.45, 2.75) is 44.8 Å². The Bertz CT molecular complexity index is 297. The van der Waals surface area contributed by atoms with Crippen LogP contribution in [0.5, 0.6) is 0 Å². The molecule has 0 aromatic carbocycles. The van der Waals surface area contributed by atoms with Gasteiger partial charge in [0.05, 0.1) is 6.26 Å². The highest BCUT2D eigenvalue weighted by Crippen LogP contribution is 2.24. The lowest BCUT2D eigenvalue weighted by atomic mass is 9.87. The zero-order valence-corrected chi connectivity index (χ0v) is 9.86. The van der Waals surface area contributed by atoms with Crippen molar-refractivity contribution in [2.24, 2.45) is 5.92 Å². The van der Waals surface area contributed by atoms with Gasteiger partial charge in [-0.1, -0.05) is 19.8 Å². The van der Waals surface area contributed by atoms with E-state index in [-0.39, 0.29) is 0 Å². The van der Waals surface area contributed by atoms with Crippen LogP contribution < -0.4 is 5.32 Å². The van der Waals surface area contributed by atoms with Crippen LogP contribution in [-0.2, 0) is 0 Å². The summed E-state index contributed by atoms with van der Waals surface area (Å²) in [7, 11) is 0. The van der Waals surface area contributed by atoms with Crippen LogP contribution in [-0.4, -0.2) is 17.7 Å². The number of nitrogens with one attached hydrogen (secondary N) is 1. The number of rotatable bonds is 4. The van der Waals surface area contributed by atoms with Gasteiger partial charge in [-0.3, -0.25) is 0 Å². The van der Waals surface area contributed by atoms with Crippen LogP contribution in [0.1, 0.15) is 44.5 Å². The molecule has 3 unspecified atom stereocenters. The predicted molar refractivity (Wildman–Crippen MR) is 63.1 cm³/mol. The van der Waals surface area contributed by atoms with Crippen molar-refractivity contribution in [3.63, 3.8) is 0 Å². The van der Waals surface area contributed by atoms with Crippen molar-refractivity contribution < 1.29 is 9.52 Å². The van der Waals surface area contributed by atoms with E-state index in [4.69, 9.17) is 4.42 Å². The highest BCUT2D eigenvalue weighted by atomic mass is 16.4. The molecule has 1 saturated carbocycles. The van der Waals surface area contributed by atoms with Crippen molar-refractivity contribution in [2.75, 3.05) is 6.54 Å². The second-order valence-electron chi connectivity index (χ2n) is 4.91. The van der Waals surface area contributed by atoms with Gasteiger partial charge in [0.2, 0.25) is 0 Å². The monoisotopic (exact) mass is 223 g/mol. The van der Waals surface area contributed by atoms with Crippen LogP contribution in [0.2, 0.25) is 0 Å². The first-order valence-corrected chi connectivity index (χ1v) is 6.20. The molecule has 1 fully saturated rings. The van der Waals surface area contributed by atoms with Gasteiger partial charge < -0.3 is 14.8 Å². The summed E-state index contributed by atoms with van der Waals surface area (Å²) in [5.74, 6) is 1.46. The first kappa shape index (κ1) is 11.7. The van der Waals surface area contributed by atoms with E-state index < -0.39 is 6.10 Å². The Labute approximate surface area is 96.8 Å². The van der Waals surface area contributed by atoms with E-state index in [0.717, 1.165) is 5.92 Å². The third-order valence-electron chi connectivity index (χ3n) is 3.41. The minimum atomic E-state index is -0.521. The molecule has 3 atom stereocenters. The zero-order valence-electron chi connectivity index (χ0n) is 9.86. The average molecular weight is 223 g/mol. The molecule has 2 rings (SSSR count). The van der Waals surface area contributed by atoms with Crippen LogP contribution in [0, 0.1) is 5.92 Å². The van der Waals surface area contributed by atoms with E-state index in [1.54, 1.807) is 12.3 Å². The Balaban J connectivity index is 1.74. The molecule has 1 aromatic heterocycles. The van der Waals surface area contributed by atoms with E-state index in [0.29, 0.717) is 18.3 Å². The number of hydrogen-bond acceptors (Lipinski definition) is 3. The number of hydrogen-bond donors (Lipinski definition) is 2. The Kier molecular flexibility index (Phi) is 4.02. The largest absolute Gasteiger partial charge is 0.467 e.